The third-order valence-corrected chi connectivity index (χ3v) is 5.30. The number of methoxy groups -OCH3 is 3. The van der Waals surface area contributed by atoms with Gasteiger partial charge in [0, 0.05) is 11.8 Å². The van der Waals surface area contributed by atoms with E-state index in [0.29, 0.717) is 23.7 Å². The molecule has 0 saturated heterocycles. The lowest BCUT2D eigenvalue weighted by molar-refractivity contribution is -0.118. The zero-order valence-corrected chi connectivity index (χ0v) is 16.7. The van der Waals surface area contributed by atoms with Gasteiger partial charge in [-0.15, -0.1) is 0 Å². The van der Waals surface area contributed by atoms with E-state index >= 15 is 0 Å². The smallest absolute Gasteiger partial charge is 0.239 e. The molecule has 3 aromatic carbocycles. The van der Waals surface area contributed by atoms with Crippen LogP contribution in [0.1, 0.15) is 17.0 Å². The summed E-state index contributed by atoms with van der Waals surface area (Å²) in [4.78, 5) is 15.3. The topological polar surface area (TPSA) is 48.0 Å². The second kappa shape index (κ2) is 7.87. The highest BCUT2D eigenvalue weighted by molar-refractivity contribution is 6.10. The van der Waals surface area contributed by atoms with Crippen LogP contribution in [-0.2, 0) is 11.2 Å². The van der Waals surface area contributed by atoms with Crippen molar-refractivity contribution >= 4 is 17.3 Å². The summed E-state index contributed by atoms with van der Waals surface area (Å²) in [7, 11) is 4.80. The number of fused-ring (bicyclic) bond motifs is 1. The number of hydrogen-bond acceptors (Lipinski definition) is 4. The highest BCUT2D eigenvalue weighted by Gasteiger charge is 2.38. The molecule has 0 saturated carbocycles. The summed E-state index contributed by atoms with van der Waals surface area (Å²) in [5.41, 5.74) is 3.70. The Labute approximate surface area is 170 Å². The van der Waals surface area contributed by atoms with Gasteiger partial charge in [-0.1, -0.05) is 36.4 Å². The van der Waals surface area contributed by atoms with E-state index in [9.17, 15) is 4.79 Å². The molecule has 0 fully saturated rings. The van der Waals surface area contributed by atoms with Crippen LogP contribution in [0.2, 0.25) is 0 Å². The van der Waals surface area contributed by atoms with E-state index in [1.54, 1.807) is 32.3 Å². The Kier molecular flexibility index (Phi) is 5.12. The number of carbonyl (C=O) groups is 1. The molecule has 148 valence electrons. The first-order valence-corrected chi connectivity index (χ1v) is 9.44. The monoisotopic (exact) mass is 389 g/mol. The molecule has 0 N–H and O–H groups in total. The van der Waals surface area contributed by atoms with Crippen LogP contribution in [0, 0.1) is 0 Å². The maximum atomic E-state index is 13.5. The van der Waals surface area contributed by atoms with Crippen LogP contribution in [0.4, 0.5) is 11.4 Å². The number of rotatable bonds is 6. The fourth-order valence-electron chi connectivity index (χ4n) is 3.91. The lowest BCUT2D eigenvalue weighted by atomic mass is 9.92. The van der Waals surface area contributed by atoms with Gasteiger partial charge in [0.1, 0.15) is 5.75 Å². The Morgan fingerprint density at radius 1 is 0.793 bits per heavy atom. The maximum absolute atomic E-state index is 13.5. The van der Waals surface area contributed by atoms with Crippen molar-refractivity contribution in [2.45, 2.75) is 12.3 Å². The summed E-state index contributed by atoms with van der Waals surface area (Å²) in [6, 6.07) is 21.4. The zero-order chi connectivity index (χ0) is 20.4. The zero-order valence-electron chi connectivity index (χ0n) is 16.7. The fourth-order valence-corrected chi connectivity index (χ4v) is 3.91. The molecule has 0 bridgehead atoms. The van der Waals surface area contributed by atoms with Crippen molar-refractivity contribution in [2.24, 2.45) is 0 Å². The van der Waals surface area contributed by atoms with Gasteiger partial charge in [-0.3, -0.25) is 9.69 Å². The Morgan fingerprint density at radius 2 is 1.41 bits per heavy atom. The SMILES string of the molecule is COc1cc(OC)c(OC)cc1C[C@@H]1C(=O)N(c2ccccc2)c2ccccc21. The predicted octanol–water partition coefficient (Wildman–Crippen LogP) is 4.72. The predicted molar refractivity (Wildman–Crippen MR) is 113 cm³/mol. The molecule has 4 rings (SSSR count). The number of anilines is 2. The van der Waals surface area contributed by atoms with Crippen molar-refractivity contribution in [1.29, 1.82) is 0 Å². The molecule has 1 atom stereocenters. The van der Waals surface area contributed by atoms with E-state index in [1.165, 1.54) is 0 Å². The Bertz CT molecular complexity index is 1030. The molecule has 5 heteroatoms. The lowest BCUT2D eigenvalue weighted by Crippen LogP contribution is -2.24. The van der Waals surface area contributed by atoms with E-state index in [-0.39, 0.29) is 11.8 Å². The molecule has 1 aliphatic rings. The van der Waals surface area contributed by atoms with Gasteiger partial charge >= 0.3 is 0 Å². The van der Waals surface area contributed by atoms with E-state index in [1.807, 2.05) is 60.7 Å². The Hall–Kier alpha value is -3.47. The van der Waals surface area contributed by atoms with Crippen LogP contribution >= 0.6 is 0 Å². The van der Waals surface area contributed by atoms with E-state index in [2.05, 4.69) is 0 Å². The van der Waals surface area contributed by atoms with Crippen LogP contribution in [0.5, 0.6) is 17.2 Å². The molecular weight excluding hydrogens is 366 g/mol. The van der Waals surface area contributed by atoms with Crippen LogP contribution in [0.15, 0.2) is 66.7 Å². The van der Waals surface area contributed by atoms with Crippen LogP contribution < -0.4 is 19.1 Å². The first-order valence-electron chi connectivity index (χ1n) is 9.44. The number of benzene rings is 3. The highest BCUT2D eigenvalue weighted by Crippen LogP contribution is 2.45. The minimum absolute atomic E-state index is 0.0502. The van der Waals surface area contributed by atoms with Gasteiger partial charge in [0.25, 0.3) is 0 Å². The van der Waals surface area contributed by atoms with Crippen LogP contribution in [0.3, 0.4) is 0 Å². The maximum Gasteiger partial charge on any atom is 0.239 e. The lowest BCUT2D eigenvalue weighted by Gasteiger charge is -2.19. The molecule has 3 aromatic rings. The molecule has 0 aliphatic carbocycles. The van der Waals surface area contributed by atoms with Crippen LogP contribution in [0.25, 0.3) is 0 Å². The van der Waals surface area contributed by atoms with Gasteiger partial charge in [-0.25, -0.2) is 0 Å². The minimum atomic E-state index is -0.307. The van der Waals surface area contributed by atoms with E-state index in [4.69, 9.17) is 14.2 Å². The first kappa shape index (κ1) is 18.9. The largest absolute Gasteiger partial charge is 0.496 e. The van der Waals surface area contributed by atoms with Crippen molar-refractivity contribution < 1.29 is 19.0 Å². The first-order chi connectivity index (χ1) is 14.2. The third-order valence-electron chi connectivity index (χ3n) is 5.30. The molecule has 1 heterocycles. The van der Waals surface area contributed by atoms with E-state index in [0.717, 1.165) is 22.5 Å². The second-order valence-corrected chi connectivity index (χ2v) is 6.84. The average molecular weight is 389 g/mol. The number of para-hydroxylation sites is 2. The molecular formula is C24H23NO4. The molecule has 29 heavy (non-hydrogen) atoms. The molecule has 1 aliphatic heterocycles. The fraction of sp³-hybridized carbons (Fsp3) is 0.208. The second-order valence-electron chi connectivity index (χ2n) is 6.84. The van der Waals surface area contributed by atoms with Crippen molar-refractivity contribution in [2.75, 3.05) is 26.2 Å². The van der Waals surface area contributed by atoms with Gasteiger partial charge in [0.2, 0.25) is 5.91 Å². The van der Waals surface area contributed by atoms with Crippen molar-refractivity contribution in [3.05, 3.63) is 77.9 Å². The van der Waals surface area contributed by atoms with E-state index < -0.39 is 0 Å². The number of ether oxygens (including phenoxy) is 3. The van der Waals surface area contributed by atoms with Crippen LogP contribution in [-0.4, -0.2) is 27.2 Å². The summed E-state index contributed by atoms with van der Waals surface area (Å²) >= 11 is 0. The summed E-state index contributed by atoms with van der Waals surface area (Å²) in [6.45, 7) is 0. The van der Waals surface area contributed by atoms with Gasteiger partial charge < -0.3 is 14.2 Å². The molecule has 0 unspecified atom stereocenters. The summed E-state index contributed by atoms with van der Waals surface area (Å²) < 4.78 is 16.4. The molecule has 0 radical (unpaired) electrons. The van der Waals surface area contributed by atoms with Crippen molar-refractivity contribution in [1.82, 2.24) is 0 Å². The van der Waals surface area contributed by atoms with Gasteiger partial charge in [-0.2, -0.15) is 0 Å². The number of carbonyl (C=O) groups excluding carboxylic acids is 1. The van der Waals surface area contributed by atoms with Gasteiger partial charge in [0.15, 0.2) is 11.5 Å². The quantitative estimate of drug-likeness (QED) is 0.612. The van der Waals surface area contributed by atoms with Gasteiger partial charge in [-0.05, 0) is 41.8 Å². The molecule has 1 amide bonds. The molecule has 0 spiro atoms. The minimum Gasteiger partial charge on any atom is -0.496 e. The number of amides is 1. The number of nitrogens with zero attached hydrogens (tertiary/aromatic N) is 1. The van der Waals surface area contributed by atoms with Crippen molar-refractivity contribution in [3.63, 3.8) is 0 Å². The summed E-state index contributed by atoms with van der Waals surface area (Å²) in [5.74, 6) is 1.62. The standard InChI is InChI=1S/C24H23NO4/c1-27-21-15-23(29-3)22(28-2)14-16(21)13-19-18-11-7-8-12-20(18)25(24(19)26)17-9-5-4-6-10-17/h4-12,14-15,19H,13H2,1-3H3/t19-/m0/s1. The molecule has 0 aromatic heterocycles. The Balaban J connectivity index is 1.76. The summed E-state index contributed by atoms with van der Waals surface area (Å²) in [6.07, 6.45) is 0.503. The molecule has 5 nitrogen and oxygen atoms in total. The normalized spacial score (nSPS) is 15.2. The average Bonchev–Trinajstić information content (AvgIpc) is 3.05. The van der Waals surface area contributed by atoms with Crippen molar-refractivity contribution in [3.8, 4) is 17.2 Å². The highest BCUT2D eigenvalue weighted by atomic mass is 16.5. The number of hydrogen-bond donors (Lipinski definition) is 0. The van der Waals surface area contributed by atoms with Gasteiger partial charge in [0.05, 0.1) is 32.9 Å². The Morgan fingerprint density at radius 3 is 2.10 bits per heavy atom. The summed E-state index contributed by atoms with van der Waals surface area (Å²) in [5, 5.41) is 0. The third kappa shape index (κ3) is 3.29.